The van der Waals surface area contributed by atoms with Crippen molar-refractivity contribution in [1.82, 2.24) is 4.98 Å². The third-order valence-corrected chi connectivity index (χ3v) is 2.24. The van der Waals surface area contributed by atoms with Crippen molar-refractivity contribution in [3.05, 3.63) is 25.0 Å². The molecule has 0 saturated heterocycles. The summed E-state index contributed by atoms with van der Waals surface area (Å²) in [6.07, 6.45) is 5.81. The molecule has 0 fully saturated rings. The van der Waals surface area contributed by atoms with Crippen molar-refractivity contribution in [1.29, 1.82) is 0 Å². The van der Waals surface area contributed by atoms with Crippen molar-refractivity contribution in [3.63, 3.8) is 0 Å². The van der Waals surface area contributed by atoms with Gasteiger partial charge in [0.25, 0.3) is 0 Å². The molecule has 0 unspecified atom stereocenters. The average molecular weight is 155 g/mol. The number of nitrogens with one attached hydrogen (secondary N) is 1. The molecule has 0 radical (unpaired) electrons. The fourth-order valence-corrected chi connectivity index (χ4v) is 1.36. The maximum absolute atomic E-state index is 3.65. The first-order valence-corrected chi connectivity index (χ1v) is 4.10. The van der Waals surface area contributed by atoms with Crippen LogP contribution in [0.2, 0.25) is 0 Å². The zero-order chi connectivity index (χ0) is 7.40. The summed E-state index contributed by atoms with van der Waals surface area (Å²) in [5.41, 5.74) is 0. The second kappa shape index (κ2) is 3.46. The van der Waals surface area contributed by atoms with Gasteiger partial charge in [0.2, 0.25) is 0 Å². The zero-order valence-corrected chi connectivity index (χ0v) is 6.82. The van der Waals surface area contributed by atoms with E-state index in [1.807, 2.05) is 30.1 Å². The van der Waals surface area contributed by atoms with Gasteiger partial charge in [-0.2, -0.15) is 0 Å². The predicted octanol–water partition coefficient (Wildman–Crippen LogP) is 1.12. The number of thioether (sulfide) groups is 1. The van der Waals surface area contributed by atoms with Crippen LogP contribution in [0, 0.1) is 0 Å². The van der Waals surface area contributed by atoms with E-state index in [4.69, 9.17) is 0 Å². The standard InChI is InChI=1S/C7H10N2S/c1-3-6-10-7-8-4-5-9(7)2/h3-5H,1,6H2,2H3/p+1. The quantitative estimate of drug-likeness (QED) is 0.394. The second-order valence-electron chi connectivity index (χ2n) is 1.98. The first-order valence-electron chi connectivity index (χ1n) is 3.11. The molecule has 0 aliphatic carbocycles. The first-order chi connectivity index (χ1) is 4.84. The molecular weight excluding hydrogens is 144 g/mol. The predicted molar refractivity (Wildman–Crippen MR) is 42.9 cm³/mol. The Balaban J connectivity index is 2.56. The maximum atomic E-state index is 3.65. The van der Waals surface area contributed by atoms with Gasteiger partial charge in [0.1, 0.15) is 12.4 Å². The van der Waals surface area contributed by atoms with Crippen molar-refractivity contribution in [2.24, 2.45) is 7.05 Å². The Morgan fingerprint density at radius 3 is 3.20 bits per heavy atom. The third-order valence-electron chi connectivity index (χ3n) is 1.16. The van der Waals surface area contributed by atoms with Crippen LogP contribution < -0.4 is 4.57 Å². The van der Waals surface area contributed by atoms with Crippen LogP contribution in [0.15, 0.2) is 30.2 Å². The lowest BCUT2D eigenvalue weighted by Crippen LogP contribution is -2.27. The molecular formula is C7H11N2S+. The van der Waals surface area contributed by atoms with Crippen LogP contribution in [0.25, 0.3) is 0 Å². The molecule has 0 spiro atoms. The van der Waals surface area contributed by atoms with E-state index in [9.17, 15) is 0 Å². The lowest BCUT2D eigenvalue weighted by Gasteiger charge is -1.88. The molecule has 0 aliphatic heterocycles. The monoisotopic (exact) mass is 155 g/mol. The summed E-state index contributed by atoms with van der Waals surface area (Å²) < 4.78 is 2.05. The Kier molecular flexibility index (Phi) is 2.57. The zero-order valence-electron chi connectivity index (χ0n) is 6.00. The number of rotatable bonds is 3. The van der Waals surface area contributed by atoms with E-state index < -0.39 is 0 Å². The van der Waals surface area contributed by atoms with Gasteiger partial charge in [-0.3, -0.25) is 0 Å². The van der Waals surface area contributed by atoms with E-state index in [1.54, 1.807) is 11.8 Å². The molecule has 1 N–H and O–H groups in total. The van der Waals surface area contributed by atoms with E-state index in [0.717, 1.165) is 5.75 Å². The molecule has 1 aromatic heterocycles. The molecule has 1 aromatic rings. The van der Waals surface area contributed by atoms with Gasteiger partial charge in [0.05, 0.1) is 7.05 Å². The summed E-state index contributed by atoms with van der Waals surface area (Å²) in [6, 6.07) is 0. The van der Waals surface area contributed by atoms with Gasteiger partial charge in [0, 0.05) is 5.75 Å². The summed E-state index contributed by atoms with van der Waals surface area (Å²) >= 11 is 1.74. The summed E-state index contributed by atoms with van der Waals surface area (Å²) in [4.78, 5) is 3.12. The highest BCUT2D eigenvalue weighted by atomic mass is 32.2. The largest absolute Gasteiger partial charge is 0.315 e. The number of aromatic amines is 1. The van der Waals surface area contributed by atoms with Crippen LogP contribution >= 0.6 is 11.8 Å². The van der Waals surface area contributed by atoms with Gasteiger partial charge in [-0.25, -0.2) is 9.55 Å². The number of imidazole rings is 1. The average Bonchev–Trinajstić information content (AvgIpc) is 2.31. The van der Waals surface area contributed by atoms with E-state index in [-0.39, 0.29) is 0 Å². The fourth-order valence-electron chi connectivity index (χ4n) is 0.671. The van der Waals surface area contributed by atoms with E-state index in [2.05, 4.69) is 11.6 Å². The first kappa shape index (κ1) is 7.41. The normalized spacial score (nSPS) is 9.70. The Labute approximate surface area is 65.0 Å². The maximum Gasteiger partial charge on any atom is 0.315 e. The molecule has 0 aromatic carbocycles. The van der Waals surface area contributed by atoms with Gasteiger partial charge in [-0.1, -0.05) is 6.08 Å². The Morgan fingerprint density at radius 1 is 1.90 bits per heavy atom. The van der Waals surface area contributed by atoms with Crippen molar-refractivity contribution < 1.29 is 4.57 Å². The molecule has 3 heteroatoms. The minimum atomic E-state index is 0.953. The Hall–Kier alpha value is -0.700. The van der Waals surface area contributed by atoms with Crippen molar-refractivity contribution >= 4 is 11.8 Å². The summed E-state index contributed by atoms with van der Waals surface area (Å²) in [5, 5.41) is 1.17. The van der Waals surface area contributed by atoms with Gasteiger partial charge < -0.3 is 0 Å². The highest BCUT2D eigenvalue weighted by Gasteiger charge is 2.03. The van der Waals surface area contributed by atoms with Crippen LogP contribution in [0.5, 0.6) is 0 Å². The minimum Gasteiger partial charge on any atom is -0.238 e. The highest BCUT2D eigenvalue weighted by Crippen LogP contribution is 2.08. The van der Waals surface area contributed by atoms with Gasteiger partial charge in [-0.05, 0) is 11.8 Å². The van der Waals surface area contributed by atoms with E-state index in [0.29, 0.717) is 0 Å². The number of nitrogens with zero attached hydrogens (tertiary/aromatic N) is 1. The number of aryl methyl sites for hydroxylation is 1. The van der Waals surface area contributed by atoms with Crippen molar-refractivity contribution in [3.8, 4) is 0 Å². The van der Waals surface area contributed by atoms with Crippen LogP contribution in [0.1, 0.15) is 0 Å². The number of H-pyrrole nitrogens is 1. The Morgan fingerprint density at radius 2 is 2.70 bits per heavy atom. The molecule has 0 aliphatic rings. The molecule has 0 atom stereocenters. The van der Waals surface area contributed by atoms with E-state index >= 15 is 0 Å². The molecule has 0 saturated carbocycles. The number of hydrogen-bond donors (Lipinski definition) is 1. The lowest BCUT2D eigenvalue weighted by atomic mass is 10.8. The van der Waals surface area contributed by atoms with Crippen LogP contribution in [-0.2, 0) is 7.05 Å². The van der Waals surface area contributed by atoms with E-state index in [1.165, 1.54) is 5.16 Å². The van der Waals surface area contributed by atoms with Crippen LogP contribution in [0.3, 0.4) is 0 Å². The minimum absolute atomic E-state index is 0.953. The molecule has 0 amide bonds. The smallest absolute Gasteiger partial charge is 0.238 e. The SMILES string of the molecule is C=CCSc1[nH]cc[n+]1C. The summed E-state index contributed by atoms with van der Waals surface area (Å²) in [6.45, 7) is 3.65. The van der Waals surface area contributed by atoms with Crippen LogP contribution in [0.4, 0.5) is 0 Å². The lowest BCUT2D eigenvalue weighted by molar-refractivity contribution is -0.708. The number of hydrogen-bond acceptors (Lipinski definition) is 1. The molecule has 54 valence electrons. The Bertz CT molecular complexity index is 217. The van der Waals surface area contributed by atoms with Gasteiger partial charge in [-0.15, -0.1) is 6.58 Å². The summed E-state index contributed by atoms with van der Waals surface area (Å²) in [5.74, 6) is 0.953. The number of aromatic nitrogens is 2. The van der Waals surface area contributed by atoms with Gasteiger partial charge >= 0.3 is 5.16 Å². The van der Waals surface area contributed by atoms with Crippen molar-refractivity contribution in [2.75, 3.05) is 5.75 Å². The summed E-state index contributed by atoms with van der Waals surface area (Å²) in [7, 11) is 2.02. The fraction of sp³-hybridized carbons (Fsp3) is 0.286. The third kappa shape index (κ3) is 1.64. The molecule has 1 rings (SSSR count). The molecule has 1 heterocycles. The highest BCUT2D eigenvalue weighted by molar-refractivity contribution is 7.99. The van der Waals surface area contributed by atoms with Gasteiger partial charge in [0.15, 0.2) is 0 Å². The van der Waals surface area contributed by atoms with Crippen molar-refractivity contribution in [2.45, 2.75) is 5.16 Å². The molecule has 0 bridgehead atoms. The molecule has 10 heavy (non-hydrogen) atoms. The topological polar surface area (TPSA) is 19.7 Å². The second-order valence-corrected chi connectivity index (χ2v) is 2.98. The molecule has 2 nitrogen and oxygen atoms in total. The van der Waals surface area contributed by atoms with Crippen LogP contribution in [-0.4, -0.2) is 10.7 Å².